The number of nitrogens with one attached hydrogen (secondary N) is 1. The van der Waals surface area contributed by atoms with E-state index in [9.17, 15) is 0 Å². The van der Waals surface area contributed by atoms with Crippen molar-refractivity contribution in [2.24, 2.45) is 0 Å². The van der Waals surface area contributed by atoms with Crippen molar-refractivity contribution >= 4 is 6.08 Å². The van der Waals surface area contributed by atoms with Gasteiger partial charge in [-0.05, 0) is 12.8 Å². The minimum Gasteiger partial charge on any atom is -0.364 e. The smallest absolute Gasteiger partial charge is 0.135 e. The number of fused-ring (bicyclic) bond motifs is 4. The van der Waals surface area contributed by atoms with E-state index in [1.54, 1.807) is 0 Å². The molecule has 1 fully saturated rings. The molecule has 16 heavy (non-hydrogen) atoms. The molecule has 0 radical (unpaired) electrons. The number of nitrogens with zero attached hydrogens (tertiary/aromatic N) is 2. The van der Waals surface area contributed by atoms with Crippen molar-refractivity contribution in [3.05, 3.63) is 23.0 Å². The maximum atomic E-state index is 6.00. The number of ether oxygens (including phenoxy) is 1. The van der Waals surface area contributed by atoms with Gasteiger partial charge < -0.3 is 10.1 Å². The predicted molar refractivity (Wildman–Crippen MR) is 60.1 cm³/mol. The molecule has 0 amide bonds. The monoisotopic (exact) mass is 217 g/mol. The van der Waals surface area contributed by atoms with E-state index in [2.05, 4.69) is 22.2 Å². The third kappa shape index (κ3) is 0.987. The van der Waals surface area contributed by atoms with Crippen molar-refractivity contribution in [2.75, 3.05) is 19.7 Å². The Kier molecular flexibility index (Phi) is 1.66. The lowest BCUT2D eigenvalue weighted by Gasteiger charge is -2.45. The second-order valence-corrected chi connectivity index (χ2v) is 4.82. The van der Waals surface area contributed by atoms with Crippen LogP contribution in [-0.4, -0.2) is 29.5 Å². The Morgan fingerprint density at radius 3 is 3.19 bits per heavy atom. The molecule has 1 spiro atoms. The van der Waals surface area contributed by atoms with Gasteiger partial charge in [-0.25, -0.2) is 0 Å². The standard InChI is InChI=1S/C12H15N3O/c1-2-4-10-9(3-1)11-12(7-13-8-12)16-6-5-15(11)14-10/h1,3,13H,2,4-8H2. The molecule has 84 valence electrons. The van der Waals surface area contributed by atoms with Gasteiger partial charge in [0.25, 0.3) is 0 Å². The Balaban J connectivity index is 1.93. The zero-order chi connectivity index (χ0) is 10.6. The zero-order valence-electron chi connectivity index (χ0n) is 9.20. The molecule has 1 N–H and O–H groups in total. The molecule has 1 aromatic heterocycles. The van der Waals surface area contributed by atoms with Crippen LogP contribution in [0.3, 0.4) is 0 Å². The van der Waals surface area contributed by atoms with E-state index in [1.165, 1.54) is 17.0 Å². The summed E-state index contributed by atoms with van der Waals surface area (Å²) >= 11 is 0. The first kappa shape index (κ1) is 8.96. The Morgan fingerprint density at radius 1 is 1.44 bits per heavy atom. The van der Waals surface area contributed by atoms with E-state index in [-0.39, 0.29) is 5.60 Å². The lowest BCUT2D eigenvalue weighted by molar-refractivity contribution is -0.113. The highest BCUT2D eigenvalue weighted by Crippen LogP contribution is 2.38. The van der Waals surface area contributed by atoms with E-state index in [1.807, 2.05) is 0 Å². The first-order valence-electron chi connectivity index (χ1n) is 6.00. The van der Waals surface area contributed by atoms with E-state index in [4.69, 9.17) is 9.84 Å². The van der Waals surface area contributed by atoms with Crippen LogP contribution in [0.4, 0.5) is 0 Å². The molecule has 0 aromatic carbocycles. The van der Waals surface area contributed by atoms with Crippen molar-refractivity contribution in [2.45, 2.75) is 25.0 Å². The van der Waals surface area contributed by atoms with Gasteiger partial charge in [-0.2, -0.15) is 5.10 Å². The summed E-state index contributed by atoms with van der Waals surface area (Å²) in [5.41, 5.74) is 3.81. The molecule has 4 rings (SSSR count). The quantitative estimate of drug-likeness (QED) is 0.694. The van der Waals surface area contributed by atoms with E-state index < -0.39 is 0 Å². The normalized spacial score (nSPS) is 25.0. The first-order chi connectivity index (χ1) is 7.89. The number of rotatable bonds is 0. The highest BCUT2D eigenvalue weighted by Gasteiger charge is 2.46. The minimum atomic E-state index is -0.0828. The summed E-state index contributed by atoms with van der Waals surface area (Å²) < 4.78 is 8.17. The number of allylic oxidation sites excluding steroid dienone is 1. The van der Waals surface area contributed by atoms with Gasteiger partial charge in [0.2, 0.25) is 0 Å². The van der Waals surface area contributed by atoms with Crippen molar-refractivity contribution in [3.8, 4) is 0 Å². The summed E-state index contributed by atoms with van der Waals surface area (Å²) in [4.78, 5) is 0. The van der Waals surface area contributed by atoms with Crippen LogP contribution >= 0.6 is 0 Å². The Hall–Kier alpha value is -1.13. The number of hydrogen-bond donors (Lipinski definition) is 1. The number of aryl methyl sites for hydroxylation is 1. The van der Waals surface area contributed by atoms with Crippen molar-refractivity contribution in [1.82, 2.24) is 15.1 Å². The van der Waals surface area contributed by atoms with Gasteiger partial charge in [-0.1, -0.05) is 12.2 Å². The maximum absolute atomic E-state index is 6.00. The summed E-state index contributed by atoms with van der Waals surface area (Å²) in [6.07, 6.45) is 6.68. The number of aromatic nitrogens is 2. The third-order valence-corrected chi connectivity index (χ3v) is 3.83. The first-order valence-corrected chi connectivity index (χ1v) is 6.00. The van der Waals surface area contributed by atoms with Crippen LogP contribution in [0.2, 0.25) is 0 Å². The van der Waals surface area contributed by atoms with Crippen LogP contribution < -0.4 is 5.32 Å². The van der Waals surface area contributed by atoms with E-state index >= 15 is 0 Å². The van der Waals surface area contributed by atoms with Gasteiger partial charge in [0.1, 0.15) is 5.60 Å². The lowest BCUT2D eigenvalue weighted by Crippen LogP contribution is -2.61. The highest BCUT2D eigenvalue weighted by atomic mass is 16.5. The van der Waals surface area contributed by atoms with Crippen molar-refractivity contribution in [3.63, 3.8) is 0 Å². The molecule has 3 heterocycles. The van der Waals surface area contributed by atoms with Crippen LogP contribution in [-0.2, 0) is 23.3 Å². The van der Waals surface area contributed by atoms with Crippen LogP contribution in [0.25, 0.3) is 6.08 Å². The molecule has 0 bridgehead atoms. The molecule has 3 aliphatic rings. The highest BCUT2D eigenvalue weighted by molar-refractivity contribution is 5.59. The molecule has 0 saturated carbocycles. The van der Waals surface area contributed by atoms with Gasteiger partial charge in [0, 0.05) is 18.7 Å². The fourth-order valence-electron chi connectivity index (χ4n) is 2.97. The molecule has 2 aliphatic heterocycles. The molecule has 1 aliphatic carbocycles. The van der Waals surface area contributed by atoms with Crippen LogP contribution in [0.1, 0.15) is 23.4 Å². The molecular weight excluding hydrogens is 202 g/mol. The molecule has 1 aromatic rings. The summed E-state index contributed by atoms with van der Waals surface area (Å²) in [6, 6.07) is 0. The Labute approximate surface area is 94.3 Å². The third-order valence-electron chi connectivity index (χ3n) is 3.83. The van der Waals surface area contributed by atoms with Gasteiger partial charge in [-0.3, -0.25) is 4.68 Å². The average Bonchev–Trinajstić information content (AvgIpc) is 2.65. The molecule has 0 unspecified atom stereocenters. The zero-order valence-corrected chi connectivity index (χ0v) is 9.20. The summed E-state index contributed by atoms with van der Waals surface area (Å²) in [6.45, 7) is 3.55. The SMILES string of the molecule is C1=Cc2c(nn3c2C2(CNC2)OCC3)CC1. The fourth-order valence-corrected chi connectivity index (χ4v) is 2.97. The second kappa shape index (κ2) is 2.96. The summed E-state index contributed by atoms with van der Waals surface area (Å²) in [5, 5.41) is 8.05. The predicted octanol–water partition coefficient (Wildman–Crippen LogP) is 0.671. The topological polar surface area (TPSA) is 39.1 Å². The van der Waals surface area contributed by atoms with E-state index in [0.717, 1.165) is 39.1 Å². The number of hydrogen-bond acceptors (Lipinski definition) is 3. The van der Waals surface area contributed by atoms with Gasteiger partial charge >= 0.3 is 0 Å². The molecule has 0 atom stereocenters. The minimum absolute atomic E-state index is 0.0828. The summed E-state index contributed by atoms with van der Waals surface area (Å²) in [7, 11) is 0. The average molecular weight is 217 g/mol. The van der Waals surface area contributed by atoms with Crippen molar-refractivity contribution < 1.29 is 4.74 Å². The maximum Gasteiger partial charge on any atom is 0.135 e. The van der Waals surface area contributed by atoms with Crippen LogP contribution in [0.15, 0.2) is 6.08 Å². The lowest BCUT2D eigenvalue weighted by atomic mass is 9.86. The summed E-state index contributed by atoms with van der Waals surface area (Å²) in [5.74, 6) is 0. The van der Waals surface area contributed by atoms with Gasteiger partial charge in [-0.15, -0.1) is 0 Å². The Bertz CT molecular complexity index is 471. The van der Waals surface area contributed by atoms with Crippen molar-refractivity contribution in [1.29, 1.82) is 0 Å². The fraction of sp³-hybridized carbons (Fsp3) is 0.583. The van der Waals surface area contributed by atoms with Gasteiger partial charge in [0.15, 0.2) is 0 Å². The molecule has 4 heteroatoms. The Morgan fingerprint density at radius 2 is 2.38 bits per heavy atom. The van der Waals surface area contributed by atoms with Gasteiger partial charge in [0.05, 0.1) is 24.5 Å². The molecule has 1 saturated heterocycles. The van der Waals surface area contributed by atoms with E-state index in [0.29, 0.717) is 0 Å². The molecular formula is C12H15N3O. The molecule has 4 nitrogen and oxygen atoms in total. The van der Waals surface area contributed by atoms with Crippen LogP contribution in [0, 0.1) is 0 Å². The van der Waals surface area contributed by atoms with Crippen LogP contribution in [0.5, 0.6) is 0 Å². The largest absolute Gasteiger partial charge is 0.364 e. The second-order valence-electron chi connectivity index (χ2n) is 4.82.